The van der Waals surface area contributed by atoms with Crippen LogP contribution >= 0.6 is 15.9 Å². The largest absolute Gasteiger partial charge is 0.455 e. The number of rotatable bonds is 3. The lowest BCUT2D eigenvalue weighted by molar-refractivity contribution is 0.0438. The van der Waals surface area contributed by atoms with Gasteiger partial charge < -0.3 is 14.9 Å². The van der Waals surface area contributed by atoms with Gasteiger partial charge in [-0.2, -0.15) is 0 Å². The molecule has 0 aliphatic rings. The number of esters is 1. The first-order valence-corrected chi connectivity index (χ1v) is 7.12. The molecule has 5 heteroatoms. The molecule has 0 atom stereocenters. The highest BCUT2D eigenvalue weighted by Crippen LogP contribution is 2.23. The van der Waals surface area contributed by atoms with Crippen LogP contribution in [-0.2, 0) is 11.3 Å². The fraction of sp³-hybridized carbons (Fsp3) is 0.0625. The van der Waals surface area contributed by atoms with E-state index in [4.69, 9.17) is 14.9 Å². The van der Waals surface area contributed by atoms with Gasteiger partial charge in [0.05, 0.1) is 0 Å². The van der Waals surface area contributed by atoms with Gasteiger partial charge in [-0.25, -0.2) is 4.79 Å². The molecule has 2 aromatic carbocycles. The van der Waals surface area contributed by atoms with Crippen molar-refractivity contribution in [3.8, 4) is 0 Å². The third-order valence-corrected chi connectivity index (χ3v) is 3.83. The van der Waals surface area contributed by atoms with Crippen LogP contribution in [0, 0.1) is 0 Å². The molecular weight excluding hydrogens is 334 g/mol. The second kappa shape index (κ2) is 5.61. The van der Waals surface area contributed by atoms with Crippen molar-refractivity contribution in [1.29, 1.82) is 0 Å². The minimum absolute atomic E-state index is 0.169. The highest BCUT2D eigenvalue weighted by molar-refractivity contribution is 9.10. The van der Waals surface area contributed by atoms with Crippen LogP contribution in [0.5, 0.6) is 0 Å². The number of carbonyl (C=O) groups excluding carboxylic acids is 1. The summed E-state index contributed by atoms with van der Waals surface area (Å²) in [5.41, 5.74) is 7.82. The van der Waals surface area contributed by atoms with Crippen molar-refractivity contribution >= 4 is 38.6 Å². The predicted octanol–water partition coefficient (Wildman–Crippen LogP) is 4.13. The second-order valence-electron chi connectivity index (χ2n) is 4.58. The monoisotopic (exact) mass is 345 g/mol. The molecule has 0 bridgehead atoms. The molecule has 1 heterocycles. The number of halogens is 1. The van der Waals surface area contributed by atoms with Crippen molar-refractivity contribution < 1.29 is 13.9 Å². The van der Waals surface area contributed by atoms with Crippen molar-refractivity contribution in [3.05, 3.63) is 64.3 Å². The highest BCUT2D eigenvalue weighted by Gasteiger charge is 2.14. The van der Waals surface area contributed by atoms with Crippen LogP contribution in [-0.4, -0.2) is 5.97 Å². The van der Waals surface area contributed by atoms with E-state index in [0.29, 0.717) is 11.3 Å². The van der Waals surface area contributed by atoms with Crippen molar-refractivity contribution in [2.24, 2.45) is 0 Å². The number of hydrogen-bond donors (Lipinski definition) is 1. The molecule has 3 aromatic rings. The maximum atomic E-state index is 12.0. The Labute approximate surface area is 129 Å². The Morgan fingerprint density at radius 1 is 1.19 bits per heavy atom. The number of ether oxygens (including phenoxy) is 1. The Morgan fingerprint density at radius 2 is 2.00 bits per heavy atom. The van der Waals surface area contributed by atoms with Crippen LogP contribution in [0.25, 0.3) is 11.0 Å². The van der Waals surface area contributed by atoms with Gasteiger partial charge in [-0.1, -0.05) is 34.1 Å². The first kappa shape index (κ1) is 13.7. The summed E-state index contributed by atoms with van der Waals surface area (Å²) in [5, 5.41) is 0.780. The van der Waals surface area contributed by atoms with Gasteiger partial charge in [-0.3, -0.25) is 0 Å². The molecule has 0 saturated heterocycles. The summed E-state index contributed by atoms with van der Waals surface area (Å²) in [6, 6.07) is 14.4. The number of nitrogens with two attached hydrogens (primary N) is 1. The Balaban J connectivity index is 1.76. The van der Waals surface area contributed by atoms with Crippen LogP contribution < -0.4 is 5.73 Å². The van der Waals surface area contributed by atoms with Crippen LogP contribution in [0.3, 0.4) is 0 Å². The van der Waals surface area contributed by atoms with Gasteiger partial charge in [0, 0.05) is 21.1 Å². The lowest BCUT2D eigenvalue weighted by atomic mass is 10.2. The molecule has 0 aliphatic carbocycles. The van der Waals surface area contributed by atoms with Crippen molar-refractivity contribution in [2.75, 3.05) is 5.73 Å². The van der Waals surface area contributed by atoms with Gasteiger partial charge >= 0.3 is 5.97 Å². The maximum absolute atomic E-state index is 12.0. The zero-order chi connectivity index (χ0) is 14.8. The van der Waals surface area contributed by atoms with E-state index in [2.05, 4.69) is 15.9 Å². The third kappa shape index (κ3) is 2.92. The SMILES string of the molecule is Nc1ccc2oc(C(=O)OCc3ccccc3Br)cc2c1. The van der Waals surface area contributed by atoms with Crippen LogP contribution in [0.1, 0.15) is 16.1 Å². The average molecular weight is 346 g/mol. The number of hydrogen-bond acceptors (Lipinski definition) is 4. The quantitative estimate of drug-likeness (QED) is 0.572. The Hall–Kier alpha value is -2.27. The lowest BCUT2D eigenvalue weighted by Crippen LogP contribution is -2.04. The molecule has 0 radical (unpaired) electrons. The summed E-state index contributed by atoms with van der Waals surface area (Å²) in [6.07, 6.45) is 0. The predicted molar refractivity (Wildman–Crippen MR) is 83.9 cm³/mol. The zero-order valence-electron chi connectivity index (χ0n) is 11.0. The molecule has 4 nitrogen and oxygen atoms in total. The molecule has 0 unspecified atom stereocenters. The van der Waals surface area contributed by atoms with E-state index in [1.807, 2.05) is 24.3 Å². The number of benzene rings is 2. The van der Waals surface area contributed by atoms with Gasteiger partial charge in [0.25, 0.3) is 0 Å². The molecule has 3 rings (SSSR count). The van der Waals surface area contributed by atoms with Gasteiger partial charge in [0.1, 0.15) is 12.2 Å². The number of furan rings is 1. The van der Waals surface area contributed by atoms with E-state index >= 15 is 0 Å². The molecular formula is C16H12BrNO3. The smallest absolute Gasteiger partial charge is 0.374 e. The molecule has 0 fully saturated rings. The Morgan fingerprint density at radius 3 is 2.81 bits per heavy atom. The van der Waals surface area contributed by atoms with Gasteiger partial charge in [-0.15, -0.1) is 0 Å². The second-order valence-corrected chi connectivity index (χ2v) is 5.43. The van der Waals surface area contributed by atoms with Gasteiger partial charge in [0.2, 0.25) is 5.76 Å². The number of anilines is 1. The number of carbonyl (C=O) groups is 1. The van der Waals surface area contributed by atoms with E-state index in [9.17, 15) is 4.79 Å². The fourth-order valence-electron chi connectivity index (χ4n) is 1.99. The van der Waals surface area contributed by atoms with Crippen LogP contribution in [0.4, 0.5) is 5.69 Å². The zero-order valence-corrected chi connectivity index (χ0v) is 12.6. The van der Waals surface area contributed by atoms with Crippen molar-refractivity contribution in [1.82, 2.24) is 0 Å². The van der Waals surface area contributed by atoms with Gasteiger partial charge in [0.15, 0.2) is 0 Å². The van der Waals surface area contributed by atoms with E-state index in [0.717, 1.165) is 15.4 Å². The van der Waals surface area contributed by atoms with Crippen molar-refractivity contribution in [3.63, 3.8) is 0 Å². The van der Waals surface area contributed by atoms with Gasteiger partial charge in [-0.05, 0) is 30.3 Å². The van der Waals surface area contributed by atoms with E-state index < -0.39 is 5.97 Å². The minimum Gasteiger partial charge on any atom is -0.455 e. The molecule has 106 valence electrons. The van der Waals surface area contributed by atoms with Crippen LogP contribution in [0.15, 0.2) is 57.4 Å². The topological polar surface area (TPSA) is 65.5 Å². The molecule has 1 aromatic heterocycles. The minimum atomic E-state index is -0.500. The van der Waals surface area contributed by atoms with E-state index in [1.165, 1.54) is 0 Å². The van der Waals surface area contributed by atoms with E-state index in [1.54, 1.807) is 24.3 Å². The molecule has 0 saturated carbocycles. The lowest BCUT2D eigenvalue weighted by Gasteiger charge is -2.04. The molecule has 0 aliphatic heterocycles. The molecule has 2 N–H and O–H groups in total. The first-order chi connectivity index (χ1) is 10.1. The first-order valence-electron chi connectivity index (χ1n) is 6.33. The normalized spacial score (nSPS) is 10.7. The molecule has 0 spiro atoms. The average Bonchev–Trinajstić information content (AvgIpc) is 2.89. The Kier molecular flexibility index (Phi) is 3.66. The fourth-order valence-corrected chi connectivity index (χ4v) is 2.39. The summed E-state index contributed by atoms with van der Waals surface area (Å²) in [4.78, 5) is 12.0. The summed E-state index contributed by atoms with van der Waals surface area (Å²) in [5.74, 6) is -0.330. The van der Waals surface area contributed by atoms with E-state index in [-0.39, 0.29) is 12.4 Å². The molecule has 21 heavy (non-hydrogen) atoms. The number of fused-ring (bicyclic) bond motifs is 1. The summed E-state index contributed by atoms with van der Waals surface area (Å²) in [7, 11) is 0. The third-order valence-electron chi connectivity index (χ3n) is 3.06. The summed E-state index contributed by atoms with van der Waals surface area (Å²) >= 11 is 3.41. The maximum Gasteiger partial charge on any atom is 0.374 e. The standard InChI is InChI=1S/C16H12BrNO3/c17-13-4-2-1-3-10(13)9-20-16(19)15-8-11-7-12(18)5-6-14(11)21-15/h1-8H,9,18H2. The summed E-state index contributed by atoms with van der Waals surface area (Å²) < 4.78 is 11.6. The van der Waals surface area contributed by atoms with Crippen molar-refractivity contribution in [2.45, 2.75) is 6.61 Å². The number of nitrogen functional groups attached to an aromatic ring is 1. The summed E-state index contributed by atoms with van der Waals surface area (Å²) in [6.45, 7) is 0.180. The highest BCUT2D eigenvalue weighted by atomic mass is 79.9. The Bertz CT molecular complexity index is 810. The van der Waals surface area contributed by atoms with Crippen LogP contribution in [0.2, 0.25) is 0 Å². The molecule has 0 amide bonds.